The molecule has 0 aliphatic carbocycles. The van der Waals surface area contributed by atoms with Crippen LogP contribution < -0.4 is 25.2 Å². The number of aryl methyl sites for hydroxylation is 2. The van der Waals surface area contributed by atoms with Crippen LogP contribution in [0.25, 0.3) is 11.3 Å². The van der Waals surface area contributed by atoms with Crippen LogP contribution in [0, 0.1) is 24.5 Å². The van der Waals surface area contributed by atoms with Gasteiger partial charge in [0, 0.05) is 94.4 Å². The lowest BCUT2D eigenvalue weighted by Crippen LogP contribution is -2.48. The minimum atomic E-state index is -1.05. The zero-order valence-electron chi connectivity index (χ0n) is 34.1. The number of nitrogens with zero attached hydrogens (tertiary/aromatic N) is 8. The summed E-state index contributed by atoms with van der Waals surface area (Å²) in [4.78, 5) is 68.5. The van der Waals surface area contributed by atoms with E-state index >= 15 is 8.78 Å². The molecule has 2 fully saturated rings. The summed E-state index contributed by atoms with van der Waals surface area (Å²) in [6, 6.07) is 11.4. The third kappa shape index (κ3) is 8.30. The molecule has 17 heteroatoms. The van der Waals surface area contributed by atoms with Crippen LogP contribution in [-0.4, -0.2) is 114 Å². The third-order valence-corrected chi connectivity index (χ3v) is 11.7. The third-order valence-electron chi connectivity index (χ3n) is 11.7. The van der Waals surface area contributed by atoms with Crippen molar-refractivity contribution in [1.29, 1.82) is 0 Å². The number of fused-ring (bicyclic) bond motifs is 7. The molecule has 0 unspecified atom stereocenters. The average molecular weight is 823 g/mol. The maximum absolute atomic E-state index is 15.2. The minimum absolute atomic E-state index is 0.0303. The maximum Gasteiger partial charge on any atom is 0.280 e. The molecule has 4 amide bonds. The number of amides is 4. The van der Waals surface area contributed by atoms with Crippen molar-refractivity contribution in [3.8, 4) is 17.1 Å². The lowest BCUT2D eigenvalue weighted by molar-refractivity contribution is -0.134. The van der Waals surface area contributed by atoms with Crippen molar-refractivity contribution in [3.63, 3.8) is 0 Å². The highest BCUT2D eigenvalue weighted by atomic mass is 19.1. The van der Waals surface area contributed by atoms with Gasteiger partial charge in [0.1, 0.15) is 11.6 Å². The number of hydrogen-bond acceptors (Lipinski definition) is 11. The molecular weight excluding hydrogens is 775 g/mol. The van der Waals surface area contributed by atoms with E-state index in [1.807, 2.05) is 35.9 Å². The standard InChI is InChI=1S/C43H48F2N10O5/c1-25-6-5-17-60-42-31(23-46-52(42)4)35-19-28(18-26(2)47-35)39(57)50-43-48-34-9-7-27(20-36(34)55(43)24-25)41(59)51(3)11-12-53-13-15-54(16-14-53)29-21-32(44)38(33(45)22-29)30-8-10-37(56)49-40(30)58/h7,9,18-23,25,30H,5-6,8,10-17,24H2,1-4H3,(H,48,50,57)(H,49,56,58)/t25-,30-/m1/s1. The van der Waals surface area contributed by atoms with Crippen molar-refractivity contribution in [3.05, 3.63) is 82.7 Å². The van der Waals surface area contributed by atoms with Gasteiger partial charge in [-0.3, -0.25) is 34.4 Å². The Kier molecular flexibility index (Phi) is 11.3. The molecule has 4 aromatic rings. The number of anilines is 3. The molecule has 2 bridgehead atoms. The summed E-state index contributed by atoms with van der Waals surface area (Å²) >= 11 is 0. The second-order valence-corrected chi connectivity index (χ2v) is 16.1. The normalized spacial score (nSPS) is 20.7. The zero-order valence-corrected chi connectivity index (χ0v) is 34.1. The Morgan fingerprint density at radius 3 is 2.52 bits per heavy atom. The lowest BCUT2D eigenvalue weighted by Gasteiger charge is -2.37. The summed E-state index contributed by atoms with van der Waals surface area (Å²) in [5, 5.41) is 9.87. The van der Waals surface area contributed by atoms with Gasteiger partial charge in [-0.2, -0.15) is 10.1 Å². The Balaban J connectivity index is 0.921. The highest BCUT2D eigenvalue weighted by molar-refractivity contribution is 6.19. The molecule has 4 aliphatic heterocycles. The lowest BCUT2D eigenvalue weighted by atomic mass is 9.89. The van der Waals surface area contributed by atoms with E-state index in [1.165, 1.54) is 12.1 Å². The highest BCUT2D eigenvalue weighted by Crippen LogP contribution is 2.36. The molecule has 2 N–H and O–H groups in total. The van der Waals surface area contributed by atoms with Gasteiger partial charge in [-0.1, -0.05) is 6.92 Å². The van der Waals surface area contributed by atoms with E-state index in [9.17, 15) is 19.2 Å². The number of halogens is 2. The Hall–Kier alpha value is -6.23. The van der Waals surface area contributed by atoms with Gasteiger partial charge < -0.3 is 24.8 Å². The first-order valence-electron chi connectivity index (χ1n) is 20.3. The number of carbonyl (C=O) groups excluding carboxylic acids is 4. The van der Waals surface area contributed by atoms with Crippen LogP contribution in [0.2, 0.25) is 0 Å². The van der Waals surface area contributed by atoms with Crippen molar-refractivity contribution in [2.75, 3.05) is 74.6 Å². The number of ether oxygens (including phenoxy) is 1. The molecule has 0 saturated carbocycles. The number of carbonyl (C=O) groups is 4. The van der Waals surface area contributed by atoms with Crippen LogP contribution in [0.15, 0.2) is 53.7 Å². The first-order chi connectivity index (χ1) is 28.8. The van der Waals surface area contributed by atoms with E-state index in [1.54, 1.807) is 41.0 Å². The fourth-order valence-electron chi connectivity index (χ4n) is 8.33. The molecule has 0 radical (unpaired) electrons. The van der Waals surface area contributed by atoms with E-state index in [4.69, 9.17) is 4.74 Å². The fraction of sp³-hybridized carbons (Fsp3) is 0.419. The van der Waals surface area contributed by atoms with Crippen molar-refractivity contribution < 1.29 is 32.7 Å². The number of pyridine rings is 1. The van der Waals surface area contributed by atoms with E-state index < -0.39 is 35.3 Å². The van der Waals surface area contributed by atoms with Crippen LogP contribution in [0.1, 0.15) is 70.5 Å². The Labute approximate surface area is 346 Å². The predicted molar refractivity (Wildman–Crippen MR) is 221 cm³/mol. The van der Waals surface area contributed by atoms with Gasteiger partial charge in [0.25, 0.3) is 11.8 Å². The summed E-state index contributed by atoms with van der Waals surface area (Å²) < 4.78 is 38.3. The topological polar surface area (TPSA) is 158 Å². The molecule has 6 heterocycles. The van der Waals surface area contributed by atoms with Gasteiger partial charge in [-0.05, 0) is 74.6 Å². The van der Waals surface area contributed by atoms with Gasteiger partial charge in [-0.15, -0.1) is 0 Å². The summed E-state index contributed by atoms with van der Waals surface area (Å²) in [5.74, 6) is -3.22. The summed E-state index contributed by atoms with van der Waals surface area (Å²) in [7, 11) is 3.58. The molecule has 314 valence electrons. The van der Waals surface area contributed by atoms with Crippen molar-refractivity contribution in [1.82, 2.24) is 29.9 Å². The molecule has 2 saturated heterocycles. The largest absolute Gasteiger partial charge is 0.477 e. The Morgan fingerprint density at radius 1 is 1.00 bits per heavy atom. The zero-order chi connectivity index (χ0) is 42.2. The summed E-state index contributed by atoms with van der Waals surface area (Å²) in [6.45, 7) is 8.33. The molecular formula is C43H48F2N10O5. The first-order valence-corrected chi connectivity index (χ1v) is 20.3. The quantitative estimate of drug-likeness (QED) is 0.260. The van der Waals surface area contributed by atoms with Crippen molar-refractivity contribution in [2.45, 2.75) is 45.4 Å². The number of hydrogen-bond donors (Lipinski definition) is 2. The van der Waals surface area contributed by atoms with Crippen molar-refractivity contribution >= 4 is 46.7 Å². The van der Waals surface area contributed by atoms with E-state index in [-0.39, 0.29) is 30.2 Å². The van der Waals surface area contributed by atoms with Crippen LogP contribution >= 0.6 is 0 Å². The molecule has 8 rings (SSSR count). The number of aliphatic imine (C=N–C) groups is 1. The Bertz CT molecular complexity index is 2370. The molecule has 15 nitrogen and oxygen atoms in total. The number of aromatic nitrogens is 3. The van der Waals surface area contributed by atoms with Crippen LogP contribution in [0.5, 0.6) is 5.88 Å². The van der Waals surface area contributed by atoms with Gasteiger partial charge in [0.2, 0.25) is 23.7 Å². The first kappa shape index (κ1) is 40.5. The molecule has 60 heavy (non-hydrogen) atoms. The highest BCUT2D eigenvalue weighted by Gasteiger charge is 2.34. The molecule has 2 aromatic carbocycles. The van der Waals surface area contributed by atoms with Gasteiger partial charge in [0.15, 0.2) is 0 Å². The second-order valence-electron chi connectivity index (χ2n) is 16.1. The van der Waals surface area contributed by atoms with Crippen LogP contribution in [0.4, 0.5) is 25.8 Å². The minimum Gasteiger partial charge on any atom is -0.477 e. The number of benzene rings is 2. The average Bonchev–Trinajstić information content (AvgIpc) is 3.76. The molecule has 2 aromatic heterocycles. The number of rotatable bonds is 6. The molecule has 4 aliphatic rings. The van der Waals surface area contributed by atoms with Gasteiger partial charge in [-0.25, -0.2) is 13.5 Å². The maximum atomic E-state index is 15.2. The predicted octanol–water partition coefficient (Wildman–Crippen LogP) is 4.72. The van der Waals surface area contributed by atoms with Crippen LogP contribution in [-0.2, 0) is 16.6 Å². The smallest absolute Gasteiger partial charge is 0.280 e. The fourth-order valence-corrected chi connectivity index (χ4v) is 8.33. The van der Waals surface area contributed by atoms with E-state index in [0.29, 0.717) is 98.0 Å². The van der Waals surface area contributed by atoms with Gasteiger partial charge in [0.05, 0.1) is 41.4 Å². The van der Waals surface area contributed by atoms with Crippen LogP contribution in [0.3, 0.4) is 0 Å². The van der Waals surface area contributed by atoms with E-state index in [2.05, 4.69) is 37.5 Å². The Morgan fingerprint density at radius 2 is 1.77 bits per heavy atom. The summed E-state index contributed by atoms with van der Waals surface area (Å²) in [5.41, 5.74) is 4.39. The monoisotopic (exact) mass is 822 g/mol. The second kappa shape index (κ2) is 16.8. The number of piperazine rings is 1. The van der Waals surface area contributed by atoms with Gasteiger partial charge >= 0.3 is 0 Å². The summed E-state index contributed by atoms with van der Waals surface area (Å²) in [6.07, 6.45) is 3.41. The molecule has 0 spiro atoms. The number of likely N-dealkylation sites (N-methyl/N-ethyl adjacent to an activating group) is 1. The number of guanidine groups is 1. The number of nitrogens with one attached hydrogen (secondary N) is 2. The molecule has 2 atom stereocenters. The SMILES string of the molecule is Cc1cc2cc(n1)-c1cnn(C)c1OCCC[C@@H](C)CN1/C(=N/C2=O)Nc2ccc(C(=O)N(C)CCN3CCN(c4cc(F)c([C@H]5CCC(=O)NC5=O)c(F)c4)CC3)cc21. The van der Waals surface area contributed by atoms with E-state index in [0.717, 1.165) is 24.2 Å². The number of piperidine rings is 1. The number of imide groups is 1. The van der Waals surface area contributed by atoms with Crippen molar-refractivity contribution in [2.24, 2.45) is 18.0 Å².